The first-order chi connectivity index (χ1) is 23.3. The Kier molecular flexibility index (Phi) is 10.3. The summed E-state index contributed by atoms with van der Waals surface area (Å²) in [5, 5.41) is 20.3. The Morgan fingerprint density at radius 1 is 1.10 bits per heavy atom. The number of phosphoric acid groups is 1. The van der Waals surface area contributed by atoms with Crippen LogP contribution in [-0.4, -0.2) is 77.5 Å². The third-order valence-corrected chi connectivity index (χ3v) is 8.26. The monoisotopic (exact) mass is 694 g/mol. The molecule has 5 N–H and O–H groups in total. The first-order valence-electron chi connectivity index (χ1n) is 15.3. The lowest BCUT2D eigenvalue weighted by Crippen LogP contribution is -2.39. The summed E-state index contributed by atoms with van der Waals surface area (Å²) in [6.45, 7) is 4.66. The number of imide groups is 1. The lowest BCUT2D eigenvalue weighted by Gasteiger charge is -2.21. The van der Waals surface area contributed by atoms with Crippen molar-refractivity contribution >= 4 is 48.7 Å². The van der Waals surface area contributed by atoms with E-state index in [1.54, 1.807) is 26.0 Å². The van der Waals surface area contributed by atoms with E-state index < -0.39 is 38.3 Å². The molecule has 0 spiro atoms. The number of carboxylic acids is 1. The third-order valence-electron chi connectivity index (χ3n) is 7.81. The van der Waals surface area contributed by atoms with Gasteiger partial charge in [0, 0.05) is 30.0 Å². The Morgan fingerprint density at radius 2 is 1.82 bits per heavy atom. The molecule has 1 fully saturated rings. The predicted octanol–water partition coefficient (Wildman–Crippen LogP) is 4.31. The Morgan fingerprint density at radius 3 is 2.45 bits per heavy atom. The molecule has 1 aliphatic carbocycles. The molecule has 4 aromatic rings. The quantitative estimate of drug-likeness (QED) is 0.123. The number of nitrogens with one attached hydrogen (secondary N) is 2. The van der Waals surface area contributed by atoms with Crippen LogP contribution < -0.4 is 15.2 Å². The van der Waals surface area contributed by atoms with E-state index in [2.05, 4.69) is 25.2 Å². The van der Waals surface area contributed by atoms with Crippen LogP contribution in [0, 0.1) is 13.8 Å². The van der Waals surface area contributed by atoms with Gasteiger partial charge in [-0.25, -0.2) is 23.8 Å². The van der Waals surface area contributed by atoms with E-state index in [0.29, 0.717) is 34.6 Å². The number of rotatable bonds is 13. The fourth-order valence-electron chi connectivity index (χ4n) is 5.08. The van der Waals surface area contributed by atoms with Crippen molar-refractivity contribution in [3.8, 4) is 5.75 Å². The number of aromatic nitrogens is 3. The topological polar surface area (TPSA) is 222 Å². The molecule has 1 aliphatic rings. The van der Waals surface area contributed by atoms with E-state index in [1.807, 2.05) is 13.0 Å². The van der Waals surface area contributed by atoms with Crippen LogP contribution in [0.4, 0.5) is 16.3 Å². The minimum atomic E-state index is -4.82. The van der Waals surface area contributed by atoms with Crippen LogP contribution in [0.15, 0.2) is 55.0 Å². The van der Waals surface area contributed by atoms with Crippen LogP contribution in [0.25, 0.3) is 5.52 Å². The highest BCUT2D eigenvalue weighted by atomic mass is 31.2. The number of aryl methyl sites for hydroxylation is 2. The van der Waals surface area contributed by atoms with Gasteiger partial charge in [0.15, 0.2) is 5.82 Å². The molecule has 49 heavy (non-hydrogen) atoms. The molecule has 16 nitrogen and oxygen atoms in total. The van der Waals surface area contributed by atoms with Crippen molar-refractivity contribution in [1.82, 2.24) is 24.8 Å². The number of carbonyl (C=O) groups is 4. The molecule has 0 bridgehead atoms. The van der Waals surface area contributed by atoms with Crippen molar-refractivity contribution in [2.75, 3.05) is 18.5 Å². The molecule has 0 radical (unpaired) electrons. The Labute approximate surface area is 280 Å². The second kappa shape index (κ2) is 14.4. The van der Waals surface area contributed by atoms with Crippen LogP contribution in [0.5, 0.6) is 5.75 Å². The number of nitrogens with zero attached hydrogens (tertiary/aromatic N) is 4. The van der Waals surface area contributed by atoms with Crippen LogP contribution >= 0.6 is 7.82 Å². The fourth-order valence-corrected chi connectivity index (χ4v) is 5.47. The molecule has 5 rings (SSSR count). The fraction of sp³-hybridized carbons (Fsp3) is 0.312. The summed E-state index contributed by atoms with van der Waals surface area (Å²) in [7, 11) is -4.82. The zero-order valence-corrected chi connectivity index (χ0v) is 27.7. The summed E-state index contributed by atoms with van der Waals surface area (Å²) in [6.07, 6.45) is 4.01. The number of benzene rings is 2. The first kappa shape index (κ1) is 35.0. The molecule has 2 aromatic heterocycles. The number of aliphatic carboxylic acids is 1. The maximum Gasteiger partial charge on any atom is 0.524 e. The van der Waals surface area contributed by atoms with Gasteiger partial charge >= 0.3 is 19.9 Å². The molecule has 2 aromatic carbocycles. The number of ether oxygens (including phenoxy) is 1. The minimum absolute atomic E-state index is 0.0266. The Bertz CT molecular complexity index is 1950. The number of hydrogen-bond donors (Lipinski definition) is 5. The number of amides is 3. The van der Waals surface area contributed by atoms with E-state index >= 15 is 0 Å². The van der Waals surface area contributed by atoms with Crippen molar-refractivity contribution in [2.45, 2.75) is 52.0 Å². The van der Waals surface area contributed by atoms with Gasteiger partial charge in [0.1, 0.15) is 30.1 Å². The highest BCUT2D eigenvalue weighted by Crippen LogP contribution is 2.38. The molecular weight excluding hydrogens is 659 g/mol. The number of fused-ring (bicyclic) bond motifs is 1. The van der Waals surface area contributed by atoms with E-state index in [1.165, 1.54) is 41.3 Å². The summed E-state index contributed by atoms with van der Waals surface area (Å²) < 4.78 is 22.3. The van der Waals surface area contributed by atoms with Gasteiger partial charge in [-0.2, -0.15) is 5.10 Å². The van der Waals surface area contributed by atoms with Crippen molar-refractivity contribution in [3.63, 3.8) is 0 Å². The lowest BCUT2D eigenvalue weighted by molar-refractivity contribution is -0.139. The largest absolute Gasteiger partial charge is 0.524 e. The van der Waals surface area contributed by atoms with Crippen LogP contribution in [0.3, 0.4) is 0 Å². The Balaban J connectivity index is 1.35. The van der Waals surface area contributed by atoms with Crippen molar-refractivity contribution in [1.29, 1.82) is 0 Å². The second-order valence-corrected chi connectivity index (χ2v) is 12.7. The summed E-state index contributed by atoms with van der Waals surface area (Å²) in [5.74, 6) is -3.37. The molecule has 2 heterocycles. The van der Waals surface area contributed by atoms with Gasteiger partial charge in [0.25, 0.3) is 11.8 Å². The van der Waals surface area contributed by atoms with Gasteiger partial charge in [0.2, 0.25) is 0 Å². The average molecular weight is 695 g/mol. The molecule has 17 heteroatoms. The van der Waals surface area contributed by atoms with Crippen LogP contribution in [0.1, 0.15) is 69.5 Å². The van der Waals surface area contributed by atoms with E-state index in [4.69, 9.17) is 14.5 Å². The van der Waals surface area contributed by atoms with E-state index in [-0.39, 0.29) is 35.4 Å². The predicted molar refractivity (Wildman–Crippen MR) is 175 cm³/mol. The summed E-state index contributed by atoms with van der Waals surface area (Å²) in [5.41, 5.74) is 3.19. The number of carboxylic acid groups (broad SMARTS) is 1. The minimum Gasteiger partial charge on any atom is -0.481 e. The normalized spacial score (nSPS) is 13.4. The molecule has 258 valence electrons. The van der Waals surface area contributed by atoms with Gasteiger partial charge < -0.3 is 25.0 Å². The number of anilines is 2. The highest BCUT2D eigenvalue weighted by Gasteiger charge is 2.30. The maximum absolute atomic E-state index is 13.8. The zero-order valence-electron chi connectivity index (χ0n) is 26.8. The lowest BCUT2D eigenvalue weighted by atomic mass is 10.0. The van der Waals surface area contributed by atoms with Crippen LogP contribution in [0.2, 0.25) is 0 Å². The average Bonchev–Trinajstić information content (AvgIpc) is 3.80. The van der Waals surface area contributed by atoms with E-state index in [0.717, 1.165) is 23.3 Å². The van der Waals surface area contributed by atoms with Crippen molar-refractivity contribution in [2.24, 2.45) is 0 Å². The SMILES string of the molecule is CCCN(C(=O)OCC(C(=O)O)c1ccc(OP(=O)(O)O)cc1)C(=O)c1cn2ncnc(Nc3cc(C(=O)NC4CC4)ccc3C)c2c1C. The molecule has 1 atom stereocenters. The van der Waals surface area contributed by atoms with Gasteiger partial charge in [-0.1, -0.05) is 25.1 Å². The van der Waals surface area contributed by atoms with Crippen molar-refractivity contribution < 1.29 is 47.9 Å². The summed E-state index contributed by atoms with van der Waals surface area (Å²) in [4.78, 5) is 75.0. The summed E-state index contributed by atoms with van der Waals surface area (Å²) >= 11 is 0. The van der Waals surface area contributed by atoms with Crippen molar-refractivity contribution in [3.05, 3.63) is 82.8 Å². The van der Waals surface area contributed by atoms with Crippen LogP contribution in [-0.2, 0) is 14.1 Å². The summed E-state index contributed by atoms with van der Waals surface area (Å²) in [6, 6.07) is 10.4. The van der Waals surface area contributed by atoms with E-state index in [9.17, 15) is 28.8 Å². The van der Waals surface area contributed by atoms with Gasteiger partial charge in [-0.15, -0.1) is 0 Å². The molecule has 0 saturated heterocycles. The molecule has 1 unspecified atom stereocenters. The highest BCUT2D eigenvalue weighted by molar-refractivity contribution is 7.46. The second-order valence-electron chi connectivity index (χ2n) is 11.5. The molecule has 1 saturated carbocycles. The number of hydrogen-bond acceptors (Lipinski definition) is 10. The van der Waals surface area contributed by atoms with Gasteiger partial charge in [0.05, 0.1) is 5.56 Å². The molecule has 3 amide bonds. The third kappa shape index (κ3) is 8.41. The Hall–Kier alpha value is -5.31. The molecular formula is C32H35N6O10P. The smallest absolute Gasteiger partial charge is 0.481 e. The number of phosphoric ester groups is 1. The molecule has 0 aliphatic heterocycles. The number of carbonyl (C=O) groups excluding carboxylic acids is 3. The first-order valence-corrected chi connectivity index (χ1v) is 16.9. The zero-order chi connectivity index (χ0) is 35.5. The van der Waals surface area contributed by atoms with Gasteiger partial charge in [-0.3, -0.25) is 24.2 Å². The standard InChI is InChI=1S/C32H35N6O10P/c1-4-13-37(32(43)47-16-25(31(41)42)20-7-11-23(12-8-20)48-49(44,45)46)30(40)24-15-38-27(19(24)3)28(33-17-34-38)36-26-14-21(6-5-18(26)2)29(39)35-22-9-10-22/h5-8,11-12,14-15,17,22,25H,4,9-10,13,16H2,1-3H3,(H,35,39)(H,41,42)(H,33,34,36)(H2,44,45,46). The maximum atomic E-state index is 13.8. The van der Waals surface area contributed by atoms with Gasteiger partial charge in [-0.05, 0) is 74.1 Å².